The molecule has 0 saturated heterocycles. The number of hydrazone groups is 1. The number of methoxy groups -OCH3 is 1. The molecule has 0 bridgehead atoms. The van der Waals surface area contributed by atoms with Gasteiger partial charge in [0.05, 0.1) is 18.4 Å². The zero-order chi connectivity index (χ0) is 15.4. The van der Waals surface area contributed by atoms with Gasteiger partial charge in [0.1, 0.15) is 11.3 Å². The van der Waals surface area contributed by atoms with Crippen molar-refractivity contribution < 1.29 is 9.15 Å². The first kappa shape index (κ1) is 15.0. The molecule has 21 heavy (non-hydrogen) atoms. The lowest BCUT2D eigenvalue weighted by Gasteiger charge is -2.05. The van der Waals surface area contributed by atoms with Crippen LogP contribution in [0.4, 0.5) is 0 Å². The first-order chi connectivity index (χ1) is 10.0. The normalized spacial score (nSPS) is 11.3. The molecule has 0 radical (unpaired) electrons. The topological polar surface area (TPSA) is 75.9 Å². The van der Waals surface area contributed by atoms with Crippen molar-refractivity contribution in [2.75, 3.05) is 14.2 Å². The maximum absolute atomic E-state index is 12.0. The highest BCUT2D eigenvalue weighted by atomic mass is 32.1. The van der Waals surface area contributed by atoms with Crippen LogP contribution in [0.3, 0.4) is 0 Å². The number of hydrogen-bond acceptors (Lipinski definition) is 5. The first-order valence-corrected chi connectivity index (χ1v) is 6.60. The number of hydrogen-bond donors (Lipinski definition) is 2. The Bertz CT molecular complexity index is 768. The highest BCUT2D eigenvalue weighted by Gasteiger charge is 2.09. The van der Waals surface area contributed by atoms with Crippen LogP contribution >= 0.6 is 12.2 Å². The fraction of sp³-hybridized carbons (Fsp3) is 0.214. The molecule has 0 spiro atoms. The van der Waals surface area contributed by atoms with Crippen LogP contribution < -0.4 is 21.1 Å². The van der Waals surface area contributed by atoms with Crippen LogP contribution in [-0.2, 0) is 0 Å². The van der Waals surface area contributed by atoms with Gasteiger partial charge in [0, 0.05) is 18.5 Å². The molecule has 2 N–H and O–H groups in total. The van der Waals surface area contributed by atoms with Gasteiger partial charge in [0.15, 0.2) is 5.11 Å². The molecular weight excluding hydrogens is 290 g/mol. The Balaban J connectivity index is 2.43. The predicted molar refractivity (Wildman–Crippen MR) is 86.0 cm³/mol. The van der Waals surface area contributed by atoms with Crippen LogP contribution in [0.5, 0.6) is 5.75 Å². The molecule has 0 unspecified atom stereocenters. The van der Waals surface area contributed by atoms with E-state index < -0.39 is 5.63 Å². The third-order valence-electron chi connectivity index (χ3n) is 2.89. The van der Waals surface area contributed by atoms with Crippen LogP contribution in [0, 0.1) is 0 Å². The molecule has 110 valence electrons. The van der Waals surface area contributed by atoms with E-state index in [4.69, 9.17) is 21.4 Å². The summed E-state index contributed by atoms with van der Waals surface area (Å²) in [6, 6.07) is 7.01. The molecule has 1 aromatic heterocycles. The third-order valence-corrected chi connectivity index (χ3v) is 3.18. The van der Waals surface area contributed by atoms with Gasteiger partial charge in [-0.2, -0.15) is 5.10 Å². The summed E-state index contributed by atoms with van der Waals surface area (Å²) >= 11 is 4.92. The molecule has 0 fully saturated rings. The molecule has 0 aliphatic rings. The molecule has 2 aromatic rings. The third kappa shape index (κ3) is 3.38. The molecule has 0 saturated carbocycles. The molecule has 2 rings (SSSR count). The number of nitrogens with zero attached hydrogens (tertiary/aromatic N) is 1. The zero-order valence-electron chi connectivity index (χ0n) is 11.9. The van der Waals surface area contributed by atoms with E-state index in [-0.39, 0.29) is 0 Å². The van der Waals surface area contributed by atoms with Gasteiger partial charge in [0.25, 0.3) is 0 Å². The summed E-state index contributed by atoms with van der Waals surface area (Å²) in [6.45, 7) is 1.70. The molecule has 1 aromatic carbocycles. The van der Waals surface area contributed by atoms with Gasteiger partial charge in [-0.3, -0.25) is 5.43 Å². The van der Waals surface area contributed by atoms with Crippen molar-refractivity contribution >= 4 is 34.0 Å². The highest BCUT2D eigenvalue weighted by Crippen LogP contribution is 2.20. The largest absolute Gasteiger partial charge is 0.497 e. The van der Waals surface area contributed by atoms with E-state index in [1.54, 1.807) is 39.3 Å². The van der Waals surface area contributed by atoms with Gasteiger partial charge < -0.3 is 14.5 Å². The Morgan fingerprint density at radius 1 is 1.38 bits per heavy atom. The Labute approximate surface area is 126 Å². The number of nitrogens with one attached hydrogen (secondary N) is 2. The quantitative estimate of drug-likeness (QED) is 0.388. The van der Waals surface area contributed by atoms with Crippen molar-refractivity contribution in [3.63, 3.8) is 0 Å². The maximum Gasteiger partial charge on any atom is 0.345 e. The summed E-state index contributed by atoms with van der Waals surface area (Å²) in [7, 11) is 3.23. The minimum Gasteiger partial charge on any atom is -0.497 e. The molecule has 0 aliphatic heterocycles. The number of benzene rings is 1. The second-order valence-electron chi connectivity index (χ2n) is 4.24. The first-order valence-electron chi connectivity index (χ1n) is 6.19. The Kier molecular flexibility index (Phi) is 4.54. The van der Waals surface area contributed by atoms with Crippen LogP contribution in [0.25, 0.3) is 11.0 Å². The molecule has 0 amide bonds. The number of fused-ring (bicyclic) bond motifs is 1. The monoisotopic (exact) mass is 305 g/mol. The summed E-state index contributed by atoms with van der Waals surface area (Å²) in [5, 5.41) is 7.92. The second kappa shape index (κ2) is 6.36. The van der Waals surface area contributed by atoms with E-state index in [2.05, 4.69) is 15.8 Å². The molecule has 6 nitrogen and oxygen atoms in total. The molecule has 1 heterocycles. The Morgan fingerprint density at radius 3 is 2.81 bits per heavy atom. The molecular formula is C14H15N3O3S. The van der Waals surface area contributed by atoms with E-state index in [0.717, 1.165) is 5.39 Å². The molecule has 0 atom stereocenters. The maximum atomic E-state index is 12.0. The van der Waals surface area contributed by atoms with Crippen molar-refractivity contribution in [2.45, 2.75) is 6.92 Å². The smallest absolute Gasteiger partial charge is 0.345 e. The van der Waals surface area contributed by atoms with E-state index in [1.165, 1.54) is 0 Å². The minimum atomic E-state index is -0.464. The van der Waals surface area contributed by atoms with Gasteiger partial charge in [-0.15, -0.1) is 0 Å². The number of rotatable bonds is 3. The van der Waals surface area contributed by atoms with Crippen molar-refractivity contribution in [3.05, 3.63) is 40.2 Å². The summed E-state index contributed by atoms with van der Waals surface area (Å²) in [6.07, 6.45) is 0. The van der Waals surface area contributed by atoms with Gasteiger partial charge in [0.2, 0.25) is 0 Å². The number of thiocarbonyl (C=S) groups is 1. The highest BCUT2D eigenvalue weighted by molar-refractivity contribution is 7.80. The van der Waals surface area contributed by atoms with Crippen molar-refractivity contribution in [2.24, 2.45) is 5.10 Å². The van der Waals surface area contributed by atoms with E-state index >= 15 is 0 Å². The average molecular weight is 305 g/mol. The standard InChI is InChI=1S/C14H15N3O3S/c1-8(16-17-14(21)15-2)11-6-9-4-5-10(19-3)7-12(9)20-13(11)18/h4-7H,1-3H3,(H2,15,17,21)/b16-8+. The summed E-state index contributed by atoms with van der Waals surface area (Å²) in [5.74, 6) is 0.629. The lowest BCUT2D eigenvalue weighted by Crippen LogP contribution is -2.29. The molecule has 0 aliphatic carbocycles. The van der Waals surface area contributed by atoms with Crippen molar-refractivity contribution in [1.82, 2.24) is 10.7 Å². The fourth-order valence-electron chi connectivity index (χ4n) is 1.72. The fourth-order valence-corrected chi connectivity index (χ4v) is 1.77. The van der Waals surface area contributed by atoms with Crippen LogP contribution in [0.2, 0.25) is 0 Å². The van der Waals surface area contributed by atoms with Gasteiger partial charge in [-0.1, -0.05) is 0 Å². The Morgan fingerprint density at radius 2 is 2.14 bits per heavy atom. The predicted octanol–water partition coefficient (Wildman–Crippen LogP) is 1.62. The van der Waals surface area contributed by atoms with Gasteiger partial charge in [-0.25, -0.2) is 4.79 Å². The van der Waals surface area contributed by atoms with Gasteiger partial charge in [-0.05, 0) is 37.3 Å². The summed E-state index contributed by atoms with van der Waals surface area (Å²) < 4.78 is 10.4. The van der Waals surface area contributed by atoms with Crippen molar-refractivity contribution in [3.8, 4) is 5.75 Å². The zero-order valence-corrected chi connectivity index (χ0v) is 12.7. The lowest BCUT2D eigenvalue weighted by atomic mass is 10.1. The van der Waals surface area contributed by atoms with E-state index in [9.17, 15) is 4.79 Å². The van der Waals surface area contributed by atoms with Gasteiger partial charge >= 0.3 is 5.63 Å². The minimum absolute atomic E-state index is 0.365. The Hall–Kier alpha value is -2.41. The second-order valence-corrected chi connectivity index (χ2v) is 4.65. The summed E-state index contributed by atoms with van der Waals surface area (Å²) in [4.78, 5) is 12.0. The van der Waals surface area contributed by atoms with E-state index in [1.807, 2.05) is 6.07 Å². The lowest BCUT2D eigenvalue weighted by molar-refractivity contribution is 0.414. The van der Waals surface area contributed by atoms with E-state index in [0.29, 0.717) is 27.7 Å². The van der Waals surface area contributed by atoms with Crippen LogP contribution in [0.15, 0.2) is 38.6 Å². The summed E-state index contributed by atoms with van der Waals surface area (Å²) in [5.41, 5.74) is 3.49. The van der Waals surface area contributed by atoms with Crippen LogP contribution in [0.1, 0.15) is 12.5 Å². The number of ether oxygens (including phenoxy) is 1. The van der Waals surface area contributed by atoms with Crippen molar-refractivity contribution in [1.29, 1.82) is 0 Å². The SMILES string of the molecule is CNC(=S)N/N=C(\C)c1cc2ccc(OC)cc2oc1=O. The molecule has 7 heteroatoms. The average Bonchev–Trinajstić information content (AvgIpc) is 2.50. The van der Waals surface area contributed by atoms with Crippen LogP contribution in [-0.4, -0.2) is 25.0 Å².